The van der Waals surface area contributed by atoms with E-state index >= 15 is 0 Å². The van der Waals surface area contributed by atoms with Crippen molar-refractivity contribution in [2.75, 3.05) is 25.0 Å². The Hall–Kier alpha value is -4.13. The molecule has 0 unspecified atom stereocenters. The first-order chi connectivity index (χ1) is 16.5. The number of hydrogen-bond acceptors (Lipinski definition) is 4. The van der Waals surface area contributed by atoms with Crippen molar-refractivity contribution in [3.05, 3.63) is 89.5 Å². The lowest BCUT2D eigenvalue weighted by Gasteiger charge is -2.21. The number of ether oxygens (including phenoxy) is 1. The van der Waals surface area contributed by atoms with Crippen molar-refractivity contribution in [1.29, 1.82) is 0 Å². The van der Waals surface area contributed by atoms with Crippen LogP contribution in [0.5, 0.6) is 0 Å². The van der Waals surface area contributed by atoms with Crippen LogP contribution >= 0.6 is 0 Å². The Morgan fingerprint density at radius 2 is 1.50 bits per heavy atom. The SMILES string of the molecule is CCN(CCC(=O)O)C(=O)c1ccccc1NC(=O)OCC1c2ccccc2-c2ccccc21. The molecule has 0 radical (unpaired) electrons. The molecule has 2 amide bonds. The van der Waals surface area contributed by atoms with Gasteiger partial charge in [0, 0.05) is 19.0 Å². The monoisotopic (exact) mass is 458 g/mol. The van der Waals surface area contributed by atoms with Crippen LogP contribution in [0.15, 0.2) is 72.8 Å². The number of carboxylic acid groups (broad SMARTS) is 1. The molecule has 0 saturated heterocycles. The van der Waals surface area contributed by atoms with Crippen molar-refractivity contribution in [3.63, 3.8) is 0 Å². The van der Waals surface area contributed by atoms with Crippen LogP contribution in [-0.4, -0.2) is 47.7 Å². The lowest BCUT2D eigenvalue weighted by Crippen LogP contribution is -2.33. The summed E-state index contributed by atoms with van der Waals surface area (Å²) < 4.78 is 5.59. The number of fused-ring (bicyclic) bond motifs is 3. The average molecular weight is 459 g/mol. The molecule has 7 nitrogen and oxygen atoms in total. The molecule has 0 aromatic heterocycles. The predicted molar refractivity (Wildman–Crippen MR) is 129 cm³/mol. The molecule has 0 saturated carbocycles. The molecule has 0 aliphatic heterocycles. The Bertz CT molecular complexity index is 1180. The third-order valence-electron chi connectivity index (χ3n) is 6.00. The minimum Gasteiger partial charge on any atom is -0.481 e. The van der Waals surface area contributed by atoms with Crippen LogP contribution in [0.4, 0.5) is 10.5 Å². The molecule has 1 aliphatic rings. The number of carbonyl (C=O) groups excluding carboxylic acids is 2. The second kappa shape index (κ2) is 10.2. The molecule has 0 bridgehead atoms. The van der Waals surface area contributed by atoms with Crippen molar-refractivity contribution in [2.24, 2.45) is 0 Å². The van der Waals surface area contributed by atoms with Gasteiger partial charge in [-0.1, -0.05) is 60.7 Å². The van der Waals surface area contributed by atoms with E-state index in [1.165, 1.54) is 4.90 Å². The molecule has 7 heteroatoms. The molecule has 0 fully saturated rings. The van der Waals surface area contributed by atoms with Crippen LogP contribution in [-0.2, 0) is 9.53 Å². The maximum Gasteiger partial charge on any atom is 0.411 e. The maximum absolute atomic E-state index is 13.0. The van der Waals surface area contributed by atoms with Gasteiger partial charge in [0.15, 0.2) is 0 Å². The molecule has 2 N–H and O–H groups in total. The first-order valence-corrected chi connectivity index (χ1v) is 11.2. The predicted octanol–water partition coefficient (Wildman–Crippen LogP) is 4.98. The summed E-state index contributed by atoms with van der Waals surface area (Å²) in [6.45, 7) is 2.38. The largest absolute Gasteiger partial charge is 0.481 e. The zero-order chi connectivity index (χ0) is 24.1. The summed E-state index contributed by atoms with van der Waals surface area (Å²) in [5.74, 6) is -1.39. The number of aliphatic carboxylic acids is 1. The number of anilines is 1. The van der Waals surface area contributed by atoms with Crippen molar-refractivity contribution in [3.8, 4) is 11.1 Å². The van der Waals surface area contributed by atoms with E-state index < -0.39 is 12.1 Å². The van der Waals surface area contributed by atoms with E-state index in [1.54, 1.807) is 31.2 Å². The molecule has 174 valence electrons. The number of nitrogens with zero attached hydrogens (tertiary/aromatic N) is 1. The Morgan fingerprint density at radius 3 is 2.12 bits per heavy atom. The topological polar surface area (TPSA) is 95.9 Å². The Morgan fingerprint density at radius 1 is 0.912 bits per heavy atom. The fourth-order valence-electron chi connectivity index (χ4n) is 4.33. The number of amides is 2. The minimum atomic E-state index is -0.976. The molecular formula is C27H26N2O5. The van der Waals surface area contributed by atoms with E-state index in [0.29, 0.717) is 12.2 Å². The zero-order valence-electron chi connectivity index (χ0n) is 18.9. The fraction of sp³-hybridized carbons (Fsp3) is 0.222. The van der Waals surface area contributed by atoms with E-state index in [2.05, 4.69) is 17.4 Å². The fourth-order valence-corrected chi connectivity index (χ4v) is 4.33. The molecule has 34 heavy (non-hydrogen) atoms. The first kappa shape index (κ1) is 23.0. The second-order valence-corrected chi connectivity index (χ2v) is 8.02. The molecular weight excluding hydrogens is 432 g/mol. The number of hydrogen-bond donors (Lipinski definition) is 2. The highest BCUT2D eigenvalue weighted by Crippen LogP contribution is 2.44. The molecule has 0 spiro atoms. The van der Waals surface area contributed by atoms with Crippen molar-refractivity contribution in [2.45, 2.75) is 19.3 Å². The van der Waals surface area contributed by atoms with Gasteiger partial charge in [0.05, 0.1) is 17.7 Å². The number of nitrogens with one attached hydrogen (secondary N) is 1. The van der Waals surface area contributed by atoms with Gasteiger partial charge in [-0.25, -0.2) is 4.79 Å². The lowest BCUT2D eigenvalue weighted by molar-refractivity contribution is -0.137. The van der Waals surface area contributed by atoms with E-state index in [9.17, 15) is 14.4 Å². The summed E-state index contributed by atoms with van der Waals surface area (Å²) in [5.41, 5.74) is 5.11. The van der Waals surface area contributed by atoms with Gasteiger partial charge in [0.25, 0.3) is 5.91 Å². The third kappa shape index (κ3) is 4.78. The lowest BCUT2D eigenvalue weighted by atomic mass is 9.98. The maximum atomic E-state index is 13.0. The summed E-state index contributed by atoms with van der Waals surface area (Å²) >= 11 is 0. The van der Waals surface area contributed by atoms with Crippen LogP contribution in [0.1, 0.15) is 40.7 Å². The molecule has 3 aromatic rings. The van der Waals surface area contributed by atoms with Gasteiger partial charge < -0.3 is 14.7 Å². The number of carboxylic acids is 1. The summed E-state index contributed by atoms with van der Waals surface area (Å²) in [4.78, 5) is 38.0. The summed E-state index contributed by atoms with van der Waals surface area (Å²) in [7, 11) is 0. The third-order valence-corrected chi connectivity index (χ3v) is 6.00. The van der Waals surface area contributed by atoms with Crippen molar-refractivity contribution < 1.29 is 24.2 Å². The molecule has 4 rings (SSSR count). The van der Waals surface area contributed by atoms with E-state index in [4.69, 9.17) is 9.84 Å². The summed E-state index contributed by atoms with van der Waals surface area (Å²) in [5, 5.41) is 11.6. The number of para-hydroxylation sites is 1. The van der Waals surface area contributed by atoms with Gasteiger partial charge in [-0.2, -0.15) is 0 Å². The Labute approximate surface area is 198 Å². The van der Waals surface area contributed by atoms with Crippen LogP contribution in [0.3, 0.4) is 0 Å². The summed E-state index contributed by atoms with van der Waals surface area (Å²) in [6.07, 6.45) is -0.808. The van der Waals surface area contributed by atoms with E-state index in [1.807, 2.05) is 36.4 Å². The molecule has 0 heterocycles. The molecule has 1 aliphatic carbocycles. The highest BCUT2D eigenvalue weighted by atomic mass is 16.5. The van der Waals surface area contributed by atoms with Gasteiger partial charge >= 0.3 is 12.1 Å². The average Bonchev–Trinajstić information content (AvgIpc) is 3.17. The summed E-state index contributed by atoms with van der Waals surface area (Å²) in [6, 6.07) is 22.8. The standard InChI is InChI=1S/C27H26N2O5/c1-2-29(16-15-25(30)31)26(32)22-13-7-8-14-24(22)28-27(33)34-17-23-20-11-5-3-9-18(20)19-10-4-6-12-21(19)23/h3-14,23H,2,15-17H2,1H3,(H,28,33)(H,30,31). The van der Waals surface area contributed by atoms with Gasteiger partial charge in [0.1, 0.15) is 6.61 Å². The highest BCUT2D eigenvalue weighted by molar-refractivity contribution is 6.02. The van der Waals surface area contributed by atoms with Gasteiger partial charge in [-0.3, -0.25) is 14.9 Å². The second-order valence-electron chi connectivity index (χ2n) is 8.02. The van der Waals surface area contributed by atoms with Crippen molar-refractivity contribution >= 4 is 23.7 Å². The molecule has 0 atom stereocenters. The Kier molecular flexibility index (Phi) is 6.92. The normalized spacial score (nSPS) is 11.9. The van der Waals surface area contributed by atoms with E-state index in [0.717, 1.165) is 22.3 Å². The number of benzene rings is 3. The zero-order valence-corrected chi connectivity index (χ0v) is 18.9. The van der Waals surface area contributed by atoms with Crippen LogP contribution < -0.4 is 5.32 Å². The molecule has 3 aromatic carbocycles. The smallest absolute Gasteiger partial charge is 0.411 e. The van der Waals surface area contributed by atoms with Crippen LogP contribution in [0.25, 0.3) is 11.1 Å². The van der Waals surface area contributed by atoms with Crippen molar-refractivity contribution in [1.82, 2.24) is 4.90 Å². The quantitative estimate of drug-likeness (QED) is 0.496. The number of carbonyl (C=O) groups is 3. The van der Waals surface area contributed by atoms with Gasteiger partial charge in [-0.05, 0) is 41.3 Å². The van der Waals surface area contributed by atoms with E-state index in [-0.39, 0.29) is 37.0 Å². The van der Waals surface area contributed by atoms with Gasteiger partial charge in [0.2, 0.25) is 0 Å². The van der Waals surface area contributed by atoms with Gasteiger partial charge in [-0.15, -0.1) is 0 Å². The number of rotatable bonds is 8. The minimum absolute atomic E-state index is 0.0679. The Balaban J connectivity index is 1.46. The first-order valence-electron chi connectivity index (χ1n) is 11.2. The van der Waals surface area contributed by atoms with Crippen LogP contribution in [0.2, 0.25) is 0 Å². The highest BCUT2D eigenvalue weighted by Gasteiger charge is 2.29. The van der Waals surface area contributed by atoms with Crippen LogP contribution in [0, 0.1) is 0 Å².